The van der Waals surface area contributed by atoms with Crippen LogP contribution in [0.25, 0.3) is 11.1 Å². The molecule has 0 aromatic heterocycles. The highest BCUT2D eigenvalue weighted by Gasteiger charge is 2.36. The maximum Gasteiger partial charge on any atom is 0.418 e. The summed E-state index contributed by atoms with van der Waals surface area (Å²) in [6, 6.07) is 8.47. The lowest BCUT2D eigenvalue weighted by atomic mass is 9.98. The zero-order chi connectivity index (χ0) is 24.7. The van der Waals surface area contributed by atoms with E-state index in [1.807, 2.05) is 0 Å². The third kappa shape index (κ3) is 4.61. The summed E-state index contributed by atoms with van der Waals surface area (Å²) >= 11 is 0. The minimum absolute atomic E-state index is 0.346. The lowest BCUT2D eigenvalue weighted by molar-refractivity contribution is -0.137. The lowest BCUT2D eigenvalue weighted by Gasteiger charge is -2.21. The average Bonchev–Trinajstić information content (AvgIpc) is 2.75. The Kier molecular flexibility index (Phi) is 6.33. The maximum absolute atomic E-state index is 14.7. The van der Waals surface area contributed by atoms with Crippen LogP contribution in [0, 0.1) is 23.3 Å². The Bertz CT molecular complexity index is 1310. The van der Waals surface area contributed by atoms with Crippen LogP contribution >= 0.6 is 0 Å². The van der Waals surface area contributed by atoms with E-state index in [4.69, 9.17) is 0 Å². The first-order valence-electron chi connectivity index (χ1n) is 9.08. The van der Waals surface area contributed by atoms with Crippen LogP contribution in [0.15, 0.2) is 53.4 Å². The Labute approximate surface area is 184 Å². The molecule has 0 fully saturated rings. The van der Waals surface area contributed by atoms with Crippen molar-refractivity contribution in [3.05, 3.63) is 77.4 Å². The van der Waals surface area contributed by atoms with Gasteiger partial charge in [0.2, 0.25) is 0 Å². The van der Waals surface area contributed by atoms with Crippen LogP contribution in [-0.4, -0.2) is 22.5 Å². The van der Waals surface area contributed by atoms with Crippen LogP contribution < -0.4 is 9.62 Å². The van der Waals surface area contributed by atoms with Crippen LogP contribution in [0.4, 0.5) is 42.1 Å². The van der Waals surface area contributed by atoms with Gasteiger partial charge in [-0.3, -0.25) is 4.72 Å². The molecule has 0 spiro atoms. The highest BCUT2D eigenvalue weighted by Crippen LogP contribution is 2.42. The number of halogens is 7. The van der Waals surface area contributed by atoms with E-state index in [1.54, 1.807) is 4.72 Å². The number of anilines is 2. The molecule has 12 heteroatoms. The number of hydrogen-bond donors (Lipinski definition) is 1. The fourth-order valence-corrected chi connectivity index (χ4v) is 4.19. The van der Waals surface area contributed by atoms with Gasteiger partial charge in [0.25, 0.3) is 10.0 Å². The molecule has 0 atom stereocenters. The van der Waals surface area contributed by atoms with E-state index in [-0.39, 0.29) is 5.69 Å². The van der Waals surface area contributed by atoms with Gasteiger partial charge in [-0.2, -0.15) is 13.2 Å². The molecule has 3 aromatic carbocycles. The van der Waals surface area contributed by atoms with Crippen LogP contribution in [0.3, 0.4) is 0 Å². The number of benzene rings is 3. The molecule has 0 aliphatic heterocycles. The minimum Gasteiger partial charge on any atom is -0.377 e. The van der Waals surface area contributed by atoms with Crippen molar-refractivity contribution >= 4 is 21.4 Å². The molecule has 0 aliphatic rings. The van der Waals surface area contributed by atoms with E-state index in [1.165, 1.54) is 32.3 Å². The first-order chi connectivity index (χ1) is 15.3. The van der Waals surface area contributed by atoms with Gasteiger partial charge in [-0.25, -0.2) is 26.0 Å². The van der Waals surface area contributed by atoms with Crippen molar-refractivity contribution in [2.24, 2.45) is 0 Å². The Morgan fingerprint density at radius 2 is 1.39 bits per heavy atom. The van der Waals surface area contributed by atoms with E-state index in [2.05, 4.69) is 0 Å². The minimum atomic E-state index is -4.95. The van der Waals surface area contributed by atoms with Crippen molar-refractivity contribution in [3.8, 4) is 11.1 Å². The second kappa shape index (κ2) is 8.58. The van der Waals surface area contributed by atoms with Crippen molar-refractivity contribution in [2.75, 3.05) is 23.7 Å². The van der Waals surface area contributed by atoms with Crippen molar-refractivity contribution in [2.45, 2.75) is 11.1 Å². The molecule has 0 bridgehead atoms. The molecule has 0 amide bonds. The van der Waals surface area contributed by atoms with Gasteiger partial charge in [-0.15, -0.1) is 0 Å². The summed E-state index contributed by atoms with van der Waals surface area (Å²) in [5.74, 6) is -8.82. The Balaban J connectivity index is 2.32. The normalized spacial score (nSPS) is 12.0. The van der Waals surface area contributed by atoms with Crippen LogP contribution in [-0.2, 0) is 16.2 Å². The summed E-state index contributed by atoms with van der Waals surface area (Å²) in [6.45, 7) is 0. The molecule has 0 radical (unpaired) electrons. The number of hydrogen-bond acceptors (Lipinski definition) is 3. The Morgan fingerprint density at radius 1 is 0.818 bits per heavy atom. The van der Waals surface area contributed by atoms with Gasteiger partial charge in [-0.1, -0.05) is 24.3 Å². The van der Waals surface area contributed by atoms with Crippen LogP contribution in [0.1, 0.15) is 5.56 Å². The molecule has 176 valence electrons. The Hall–Kier alpha value is -3.28. The fraction of sp³-hybridized carbons (Fsp3) is 0.143. The molecule has 0 saturated carbocycles. The summed E-state index contributed by atoms with van der Waals surface area (Å²) in [5, 5.41) is 0. The second-order valence-electron chi connectivity index (χ2n) is 7.05. The molecule has 1 N–H and O–H groups in total. The Morgan fingerprint density at radius 3 is 1.94 bits per heavy atom. The van der Waals surface area contributed by atoms with Gasteiger partial charge in [0.15, 0.2) is 23.3 Å². The molecule has 0 heterocycles. The number of rotatable bonds is 5. The highest BCUT2D eigenvalue weighted by molar-refractivity contribution is 7.92. The van der Waals surface area contributed by atoms with E-state index >= 15 is 0 Å². The molecule has 0 aliphatic carbocycles. The first kappa shape index (κ1) is 24.4. The third-order valence-electron chi connectivity index (χ3n) is 4.63. The van der Waals surface area contributed by atoms with Gasteiger partial charge in [0, 0.05) is 25.3 Å². The van der Waals surface area contributed by atoms with Gasteiger partial charge in [0.1, 0.15) is 0 Å². The fourth-order valence-electron chi connectivity index (χ4n) is 3.10. The topological polar surface area (TPSA) is 49.4 Å². The largest absolute Gasteiger partial charge is 0.418 e. The molecule has 33 heavy (non-hydrogen) atoms. The quantitative estimate of drug-likeness (QED) is 0.279. The molecule has 3 aromatic rings. The van der Waals surface area contributed by atoms with E-state index in [0.29, 0.717) is 6.07 Å². The van der Waals surface area contributed by atoms with E-state index in [9.17, 15) is 39.2 Å². The number of sulfonamides is 1. The number of nitrogens with one attached hydrogen (secondary N) is 1. The number of nitrogens with zero attached hydrogens (tertiary/aromatic N) is 1. The molecule has 0 saturated heterocycles. The smallest absolute Gasteiger partial charge is 0.377 e. The second-order valence-corrected chi connectivity index (χ2v) is 8.73. The van der Waals surface area contributed by atoms with Crippen LogP contribution in [0.5, 0.6) is 0 Å². The predicted molar refractivity (Wildman–Crippen MR) is 108 cm³/mol. The highest BCUT2D eigenvalue weighted by atomic mass is 32.2. The third-order valence-corrected chi connectivity index (χ3v) is 6.00. The number of alkyl halides is 3. The SMILES string of the molecule is CN(C)c1ccc(-c2c(F)c(F)c(F)c(F)c2NS(=O)(=O)c2ccccc2)cc1C(F)(F)F. The molecular formula is C21H15F7N2O2S. The summed E-state index contributed by atoms with van der Waals surface area (Å²) < 4.78 is 125. The van der Waals surface area contributed by atoms with Gasteiger partial charge < -0.3 is 4.90 Å². The van der Waals surface area contributed by atoms with Crippen molar-refractivity contribution in [1.29, 1.82) is 0 Å². The van der Waals surface area contributed by atoms with Crippen LogP contribution in [0.2, 0.25) is 0 Å². The monoisotopic (exact) mass is 492 g/mol. The summed E-state index contributed by atoms with van der Waals surface area (Å²) in [4.78, 5) is 0.674. The zero-order valence-electron chi connectivity index (χ0n) is 16.9. The van der Waals surface area contributed by atoms with E-state index in [0.717, 1.165) is 29.2 Å². The first-order valence-corrected chi connectivity index (χ1v) is 10.6. The summed E-state index contributed by atoms with van der Waals surface area (Å²) in [6.07, 6.45) is -4.95. The van der Waals surface area contributed by atoms with E-state index < -0.39 is 66.7 Å². The van der Waals surface area contributed by atoms with Crippen molar-refractivity contribution in [3.63, 3.8) is 0 Å². The summed E-state index contributed by atoms with van der Waals surface area (Å²) in [5.41, 5.74) is -4.95. The maximum atomic E-state index is 14.7. The van der Waals surface area contributed by atoms with Gasteiger partial charge >= 0.3 is 6.18 Å². The van der Waals surface area contributed by atoms with Crippen molar-refractivity contribution in [1.82, 2.24) is 0 Å². The molecule has 4 nitrogen and oxygen atoms in total. The summed E-state index contributed by atoms with van der Waals surface area (Å²) in [7, 11) is -2.04. The van der Waals surface area contributed by atoms with Gasteiger partial charge in [-0.05, 0) is 29.8 Å². The molecule has 0 unspecified atom stereocenters. The zero-order valence-corrected chi connectivity index (χ0v) is 17.8. The molecular weight excluding hydrogens is 477 g/mol. The lowest BCUT2D eigenvalue weighted by Crippen LogP contribution is -2.18. The molecule has 3 rings (SSSR count). The van der Waals surface area contributed by atoms with Gasteiger partial charge in [0.05, 0.1) is 16.1 Å². The average molecular weight is 492 g/mol. The predicted octanol–water partition coefficient (Wildman–Crippen LogP) is 5.80. The standard InChI is InChI=1S/C21H15F7N2O2S/c1-30(2)14-9-8-11(10-13(14)21(26,27)28)15-16(22)17(23)18(24)19(25)20(15)29-33(31,32)12-6-4-3-5-7-12/h3-10,29H,1-2H3. The van der Waals surface area contributed by atoms with Crippen molar-refractivity contribution < 1.29 is 39.2 Å².